The standard InChI is InChI=1S/C17H14Br2/c1-17(2)13-7-11(18)5-9-3-4-10-6-12(19)8-14(17)16(10)15(9)13/h5-8H,3-4H2,1-2H3. The number of halogens is 2. The number of aryl methyl sites for hydroxylation is 2. The fourth-order valence-electron chi connectivity index (χ4n) is 3.71. The maximum Gasteiger partial charge on any atom is 0.0181 e. The molecule has 0 amide bonds. The van der Waals surface area contributed by atoms with Crippen molar-refractivity contribution in [2.75, 3.05) is 0 Å². The van der Waals surface area contributed by atoms with Gasteiger partial charge >= 0.3 is 0 Å². The molecule has 2 aromatic carbocycles. The Morgan fingerprint density at radius 3 is 1.63 bits per heavy atom. The van der Waals surface area contributed by atoms with Gasteiger partial charge in [0.25, 0.3) is 0 Å². The second-order valence-corrected chi connectivity index (χ2v) is 7.93. The first-order chi connectivity index (χ1) is 8.98. The van der Waals surface area contributed by atoms with Gasteiger partial charge in [-0.15, -0.1) is 0 Å². The number of rotatable bonds is 0. The minimum Gasteiger partial charge on any atom is -0.0516 e. The van der Waals surface area contributed by atoms with Crippen LogP contribution >= 0.6 is 31.9 Å². The van der Waals surface area contributed by atoms with Gasteiger partial charge in [-0.3, -0.25) is 0 Å². The first-order valence-corrected chi connectivity index (χ1v) is 8.23. The highest BCUT2D eigenvalue weighted by molar-refractivity contribution is 9.10. The van der Waals surface area contributed by atoms with Gasteiger partial charge in [-0.1, -0.05) is 45.7 Å². The van der Waals surface area contributed by atoms with E-state index in [2.05, 4.69) is 70.0 Å². The zero-order valence-electron chi connectivity index (χ0n) is 11.0. The molecule has 0 fully saturated rings. The second kappa shape index (κ2) is 3.73. The Bertz CT molecular complexity index is 665. The summed E-state index contributed by atoms with van der Waals surface area (Å²) in [7, 11) is 0. The summed E-state index contributed by atoms with van der Waals surface area (Å²) in [5.41, 5.74) is 9.09. The van der Waals surface area contributed by atoms with Gasteiger partial charge in [0.2, 0.25) is 0 Å². The minimum absolute atomic E-state index is 0.103. The zero-order chi connectivity index (χ0) is 13.4. The Kier molecular flexibility index (Phi) is 2.39. The van der Waals surface area contributed by atoms with E-state index < -0.39 is 0 Å². The Hall–Kier alpha value is -0.600. The summed E-state index contributed by atoms with van der Waals surface area (Å²) in [6.07, 6.45) is 2.31. The normalized spacial score (nSPS) is 17.5. The average molecular weight is 378 g/mol. The lowest BCUT2D eigenvalue weighted by atomic mass is 9.82. The number of hydrogen-bond donors (Lipinski definition) is 0. The minimum atomic E-state index is 0.103. The van der Waals surface area contributed by atoms with Crippen LogP contribution in [0.25, 0.3) is 11.1 Å². The van der Waals surface area contributed by atoms with Crippen LogP contribution in [0.2, 0.25) is 0 Å². The summed E-state index contributed by atoms with van der Waals surface area (Å²) in [5.74, 6) is 0. The van der Waals surface area contributed by atoms with E-state index in [1.54, 1.807) is 0 Å². The van der Waals surface area contributed by atoms with Crippen molar-refractivity contribution in [3.05, 3.63) is 55.5 Å². The third kappa shape index (κ3) is 1.50. The fraction of sp³-hybridized carbons (Fsp3) is 0.294. The van der Waals surface area contributed by atoms with Gasteiger partial charge < -0.3 is 0 Å². The number of hydrogen-bond acceptors (Lipinski definition) is 0. The SMILES string of the molecule is CC1(C)c2cc(Br)cc3c2-c2c(cc(Br)cc21)CC3. The van der Waals surface area contributed by atoms with E-state index in [0.29, 0.717) is 0 Å². The predicted octanol–water partition coefficient (Wildman–Crippen LogP) is 5.62. The van der Waals surface area contributed by atoms with Crippen LogP contribution in [-0.4, -0.2) is 0 Å². The van der Waals surface area contributed by atoms with E-state index in [1.165, 1.54) is 42.3 Å². The molecule has 2 aromatic rings. The quantitative estimate of drug-likeness (QED) is 0.559. The van der Waals surface area contributed by atoms with Crippen molar-refractivity contribution in [3.63, 3.8) is 0 Å². The largest absolute Gasteiger partial charge is 0.0516 e. The molecular weight excluding hydrogens is 364 g/mol. The van der Waals surface area contributed by atoms with Crippen LogP contribution in [-0.2, 0) is 18.3 Å². The second-order valence-electron chi connectivity index (χ2n) is 6.10. The molecule has 0 aromatic heterocycles. The highest BCUT2D eigenvalue weighted by atomic mass is 79.9. The van der Waals surface area contributed by atoms with Crippen LogP contribution in [0.15, 0.2) is 33.2 Å². The van der Waals surface area contributed by atoms with Crippen molar-refractivity contribution in [3.8, 4) is 11.1 Å². The molecule has 0 N–H and O–H groups in total. The lowest BCUT2D eigenvalue weighted by molar-refractivity contribution is 0.659. The van der Waals surface area contributed by atoms with Gasteiger partial charge in [0.1, 0.15) is 0 Å². The molecule has 0 saturated carbocycles. The molecule has 0 saturated heterocycles. The summed E-state index contributed by atoms with van der Waals surface area (Å²) < 4.78 is 2.43. The molecule has 0 bridgehead atoms. The van der Waals surface area contributed by atoms with Crippen molar-refractivity contribution in [1.29, 1.82) is 0 Å². The van der Waals surface area contributed by atoms with E-state index >= 15 is 0 Å². The summed E-state index contributed by atoms with van der Waals surface area (Å²) in [6.45, 7) is 4.69. The molecule has 0 unspecified atom stereocenters. The van der Waals surface area contributed by atoms with Crippen LogP contribution in [0.5, 0.6) is 0 Å². The lowest BCUT2D eigenvalue weighted by Gasteiger charge is -2.22. The topological polar surface area (TPSA) is 0 Å². The third-order valence-electron chi connectivity index (χ3n) is 4.63. The van der Waals surface area contributed by atoms with Gasteiger partial charge in [0.05, 0.1) is 0 Å². The van der Waals surface area contributed by atoms with Crippen LogP contribution in [0.1, 0.15) is 36.1 Å². The summed E-state index contributed by atoms with van der Waals surface area (Å²) in [4.78, 5) is 0. The van der Waals surface area contributed by atoms with E-state index in [-0.39, 0.29) is 5.41 Å². The zero-order valence-corrected chi connectivity index (χ0v) is 14.2. The Balaban J connectivity index is 2.20. The van der Waals surface area contributed by atoms with Crippen molar-refractivity contribution in [2.24, 2.45) is 0 Å². The highest BCUT2D eigenvalue weighted by Gasteiger charge is 2.39. The Morgan fingerprint density at radius 2 is 1.21 bits per heavy atom. The maximum atomic E-state index is 3.68. The monoisotopic (exact) mass is 376 g/mol. The molecule has 0 spiro atoms. The molecular formula is C17H14Br2. The smallest absolute Gasteiger partial charge is 0.0181 e. The molecule has 0 radical (unpaired) electrons. The summed E-state index contributed by atoms with van der Waals surface area (Å²) in [5, 5.41) is 0. The lowest BCUT2D eigenvalue weighted by Crippen LogP contribution is -2.15. The predicted molar refractivity (Wildman–Crippen MR) is 86.8 cm³/mol. The molecule has 2 aliphatic rings. The Labute approximate surface area is 130 Å². The first kappa shape index (κ1) is 12.2. The third-order valence-corrected chi connectivity index (χ3v) is 5.55. The summed E-state index contributed by atoms with van der Waals surface area (Å²) in [6, 6.07) is 9.22. The van der Waals surface area contributed by atoms with Crippen LogP contribution in [0, 0.1) is 0 Å². The van der Waals surface area contributed by atoms with E-state index in [0.717, 1.165) is 12.8 Å². The molecule has 19 heavy (non-hydrogen) atoms. The molecule has 96 valence electrons. The molecule has 0 aliphatic heterocycles. The molecule has 0 heterocycles. The van der Waals surface area contributed by atoms with E-state index in [4.69, 9.17) is 0 Å². The van der Waals surface area contributed by atoms with Gasteiger partial charge in [-0.05, 0) is 70.5 Å². The fourth-order valence-corrected chi connectivity index (χ4v) is 4.72. The molecule has 0 atom stereocenters. The molecule has 2 aliphatic carbocycles. The maximum absolute atomic E-state index is 3.68. The van der Waals surface area contributed by atoms with Crippen molar-refractivity contribution >= 4 is 31.9 Å². The van der Waals surface area contributed by atoms with Crippen LogP contribution < -0.4 is 0 Å². The highest BCUT2D eigenvalue weighted by Crippen LogP contribution is 2.54. The Morgan fingerprint density at radius 1 is 0.789 bits per heavy atom. The van der Waals surface area contributed by atoms with Gasteiger partial charge in [-0.2, -0.15) is 0 Å². The van der Waals surface area contributed by atoms with Gasteiger partial charge in [0, 0.05) is 14.4 Å². The van der Waals surface area contributed by atoms with Gasteiger partial charge in [0.15, 0.2) is 0 Å². The van der Waals surface area contributed by atoms with Crippen molar-refractivity contribution in [2.45, 2.75) is 32.1 Å². The average Bonchev–Trinajstić information content (AvgIpc) is 2.56. The van der Waals surface area contributed by atoms with Crippen LogP contribution in [0.3, 0.4) is 0 Å². The number of benzene rings is 2. The van der Waals surface area contributed by atoms with E-state index in [9.17, 15) is 0 Å². The van der Waals surface area contributed by atoms with Gasteiger partial charge in [-0.25, -0.2) is 0 Å². The van der Waals surface area contributed by atoms with E-state index in [1.807, 2.05) is 0 Å². The summed E-state index contributed by atoms with van der Waals surface area (Å²) >= 11 is 7.36. The molecule has 0 nitrogen and oxygen atoms in total. The van der Waals surface area contributed by atoms with Crippen molar-refractivity contribution in [1.82, 2.24) is 0 Å². The van der Waals surface area contributed by atoms with Crippen LogP contribution in [0.4, 0.5) is 0 Å². The first-order valence-electron chi connectivity index (χ1n) is 6.64. The molecule has 2 heteroatoms. The molecule has 4 rings (SSSR count). The van der Waals surface area contributed by atoms with Crippen molar-refractivity contribution < 1.29 is 0 Å².